The third-order valence-electron chi connectivity index (χ3n) is 6.06. The maximum atomic E-state index is 12.3. The minimum atomic E-state index is -0.463. The molecule has 1 amide bonds. The first kappa shape index (κ1) is 19.3. The Hall–Kier alpha value is -2.01. The van der Waals surface area contributed by atoms with Crippen LogP contribution < -0.4 is 0 Å². The van der Waals surface area contributed by atoms with Crippen molar-refractivity contribution in [2.75, 3.05) is 13.1 Å². The molecule has 4 rings (SSSR count). The molecular weight excluding hydrogens is 354 g/mol. The van der Waals surface area contributed by atoms with Crippen molar-refractivity contribution < 1.29 is 19.0 Å². The Morgan fingerprint density at radius 3 is 2.46 bits per heavy atom. The zero-order valence-electron chi connectivity index (χ0n) is 17.4. The maximum Gasteiger partial charge on any atom is 0.410 e. The number of nitrogens with zero attached hydrogens (tertiary/aromatic N) is 1. The summed E-state index contributed by atoms with van der Waals surface area (Å²) in [7, 11) is 0. The highest BCUT2D eigenvalue weighted by molar-refractivity contribution is 5.71. The summed E-state index contributed by atoms with van der Waals surface area (Å²) >= 11 is 0. The lowest BCUT2D eigenvalue weighted by molar-refractivity contribution is -0.238. The molecule has 0 aliphatic carbocycles. The van der Waals surface area contributed by atoms with Crippen LogP contribution in [-0.4, -0.2) is 41.6 Å². The number of fused-ring (bicyclic) bond motifs is 1. The molecule has 0 unspecified atom stereocenters. The van der Waals surface area contributed by atoms with Crippen LogP contribution in [0, 0.1) is 5.92 Å². The highest BCUT2D eigenvalue weighted by atomic mass is 16.7. The molecule has 3 aliphatic rings. The van der Waals surface area contributed by atoms with Gasteiger partial charge >= 0.3 is 6.09 Å². The molecule has 2 fully saturated rings. The number of carbonyl (C=O) groups is 1. The molecular formula is C23H31NO4. The Labute approximate surface area is 167 Å². The van der Waals surface area contributed by atoms with E-state index in [-0.39, 0.29) is 23.9 Å². The number of hydrogen-bond donors (Lipinski definition) is 0. The molecule has 2 atom stereocenters. The van der Waals surface area contributed by atoms with Crippen molar-refractivity contribution >= 4 is 11.7 Å². The van der Waals surface area contributed by atoms with Gasteiger partial charge in [-0.1, -0.05) is 30.3 Å². The van der Waals surface area contributed by atoms with Crippen LogP contribution in [0.1, 0.15) is 58.9 Å². The fourth-order valence-electron chi connectivity index (χ4n) is 4.65. The number of allylic oxidation sites excluding steroid dienone is 1. The number of benzene rings is 1. The first-order valence-electron chi connectivity index (χ1n) is 10.3. The monoisotopic (exact) mass is 385 g/mol. The number of amides is 1. The fourth-order valence-corrected chi connectivity index (χ4v) is 4.65. The molecule has 3 aliphatic heterocycles. The number of ether oxygens (including phenoxy) is 3. The number of rotatable bonds is 1. The van der Waals surface area contributed by atoms with Gasteiger partial charge in [-0.05, 0) is 58.9 Å². The van der Waals surface area contributed by atoms with E-state index in [1.165, 1.54) is 11.1 Å². The SMILES string of the molecule is CC1=C(c2ccccc2)[C@H]2CCC3(CCN(C(=O)OC(C)(C)C)CC3)O[C@H]2O1. The van der Waals surface area contributed by atoms with Crippen molar-refractivity contribution in [3.63, 3.8) is 0 Å². The molecule has 0 bridgehead atoms. The number of likely N-dealkylation sites (tertiary alicyclic amines) is 1. The van der Waals surface area contributed by atoms with Gasteiger partial charge in [-0.25, -0.2) is 4.79 Å². The summed E-state index contributed by atoms with van der Waals surface area (Å²) in [5.74, 6) is 1.27. The van der Waals surface area contributed by atoms with E-state index < -0.39 is 5.60 Å². The second-order valence-electron chi connectivity index (χ2n) is 9.24. The molecule has 0 aromatic heterocycles. The van der Waals surface area contributed by atoms with Crippen LogP contribution in [0.15, 0.2) is 36.1 Å². The topological polar surface area (TPSA) is 48.0 Å². The van der Waals surface area contributed by atoms with Crippen molar-refractivity contribution in [3.8, 4) is 0 Å². The second-order valence-corrected chi connectivity index (χ2v) is 9.24. The van der Waals surface area contributed by atoms with Crippen LogP contribution >= 0.6 is 0 Å². The highest BCUT2D eigenvalue weighted by Crippen LogP contribution is 2.49. The van der Waals surface area contributed by atoms with Crippen molar-refractivity contribution in [2.24, 2.45) is 5.92 Å². The Morgan fingerprint density at radius 1 is 1.14 bits per heavy atom. The number of piperidine rings is 1. The van der Waals surface area contributed by atoms with Gasteiger partial charge < -0.3 is 19.1 Å². The molecule has 2 saturated heterocycles. The van der Waals surface area contributed by atoms with Gasteiger partial charge in [0.05, 0.1) is 11.5 Å². The largest absolute Gasteiger partial charge is 0.469 e. The smallest absolute Gasteiger partial charge is 0.410 e. The van der Waals surface area contributed by atoms with E-state index in [2.05, 4.69) is 24.3 Å². The lowest BCUT2D eigenvalue weighted by Gasteiger charge is -2.47. The van der Waals surface area contributed by atoms with Crippen LogP contribution in [0.5, 0.6) is 0 Å². The summed E-state index contributed by atoms with van der Waals surface area (Å²) in [6, 6.07) is 10.5. The molecule has 28 heavy (non-hydrogen) atoms. The lowest BCUT2D eigenvalue weighted by atomic mass is 9.78. The van der Waals surface area contributed by atoms with E-state index in [0.29, 0.717) is 13.1 Å². The van der Waals surface area contributed by atoms with Crippen molar-refractivity contribution in [2.45, 2.75) is 70.9 Å². The quantitative estimate of drug-likeness (QED) is 0.685. The first-order chi connectivity index (χ1) is 13.3. The van der Waals surface area contributed by atoms with E-state index in [9.17, 15) is 4.79 Å². The molecule has 5 heteroatoms. The predicted molar refractivity (Wildman–Crippen MR) is 107 cm³/mol. The van der Waals surface area contributed by atoms with Gasteiger partial charge in [-0.3, -0.25) is 0 Å². The van der Waals surface area contributed by atoms with Crippen LogP contribution in [0.3, 0.4) is 0 Å². The third kappa shape index (κ3) is 3.77. The molecule has 1 spiro atoms. The van der Waals surface area contributed by atoms with E-state index in [1.807, 2.05) is 33.8 Å². The van der Waals surface area contributed by atoms with Gasteiger partial charge in [0.25, 0.3) is 0 Å². The zero-order valence-corrected chi connectivity index (χ0v) is 17.4. The molecule has 3 heterocycles. The van der Waals surface area contributed by atoms with Crippen molar-refractivity contribution in [1.29, 1.82) is 0 Å². The average Bonchev–Trinajstić information content (AvgIpc) is 2.96. The summed E-state index contributed by atoms with van der Waals surface area (Å²) in [6.07, 6.45) is 3.29. The van der Waals surface area contributed by atoms with Gasteiger partial charge in [0.2, 0.25) is 6.29 Å². The van der Waals surface area contributed by atoms with E-state index >= 15 is 0 Å². The lowest BCUT2D eigenvalue weighted by Crippen LogP contribution is -2.53. The Bertz CT molecular complexity index is 757. The van der Waals surface area contributed by atoms with Gasteiger partial charge in [0, 0.05) is 18.7 Å². The van der Waals surface area contributed by atoms with E-state index in [1.54, 1.807) is 4.90 Å². The minimum Gasteiger partial charge on any atom is -0.469 e. The van der Waals surface area contributed by atoms with Crippen LogP contribution in [0.4, 0.5) is 4.79 Å². The fraction of sp³-hybridized carbons (Fsp3) is 0.609. The molecule has 0 N–H and O–H groups in total. The summed E-state index contributed by atoms with van der Waals surface area (Å²) in [4.78, 5) is 14.1. The highest BCUT2D eigenvalue weighted by Gasteiger charge is 2.49. The molecule has 152 valence electrons. The summed E-state index contributed by atoms with van der Waals surface area (Å²) in [5, 5.41) is 0. The maximum absolute atomic E-state index is 12.3. The Kier molecular flexibility index (Phi) is 4.90. The number of hydrogen-bond acceptors (Lipinski definition) is 4. The van der Waals surface area contributed by atoms with Crippen LogP contribution in [0.2, 0.25) is 0 Å². The van der Waals surface area contributed by atoms with Crippen molar-refractivity contribution in [1.82, 2.24) is 4.90 Å². The van der Waals surface area contributed by atoms with Gasteiger partial charge in [0.15, 0.2) is 0 Å². The minimum absolute atomic E-state index is 0.188. The molecule has 0 radical (unpaired) electrons. The Morgan fingerprint density at radius 2 is 1.82 bits per heavy atom. The molecule has 5 nitrogen and oxygen atoms in total. The van der Waals surface area contributed by atoms with Crippen molar-refractivity contribution in [3.05, 3.63) is 41.7 Å². The third-order valence-corrected chi connectivity index (χ3v) is 6.06. The first-order valence-corrected chi connectivity index (χ1v) is 10.3. The standard InChI is InChI=1S/C23H31NO4/c1-16-19(17-8-6-5-7-9-17)18-10-11-23(27-20(18)26-16)12-14-24(15-13-23)21(25)28-22(2,3)4/h5-9,18,20H,10-15H2,1-4H3/t18-,20-/m1/s1. The second kappa shape index (κ2) is 7.11. The summed E-state index contributed by atoms with van der Waals surface area (Å²) in [6.45, 7) is 9.09. The predicted octanol–water partition coefficient (Wildman–Crippen LogP) is 4.97. The van der Waals surface area contributed by atoms with Crippen LogP contribution in [-0.2, 0) is 14.2 Å². The number of carbonyl (C=O) groups excluding carboxylic acids is 1. The Balaban J connectivity index is 1.39. The zero-order chi connectivity index (χ0) is 19.9. The van der Waals surface area contributed by atoms with Gasteiger partial charge in [0.1, 0.15) is 11.4 Å². The normalized spacial score (nSPS) is 26.8. The summed E-state index contributed by atoms with van der Waals surface area (Å²) in [5.41, 5.74) is 1.86. The van der Waals surface area contributed by atoms with Crippen LogP contribution in [0.25, 0.3) is 5.57 Å². The van der Waals surface area contributed by atoms with E-state index in [0.717, 1.165) is 31.4 Å². The molecule has 1 aromatic carbocycles. The average molecular weight is 386 g/mol. The molecule has 0 saturated carbocycles. The van der Waals surface area contributed by atoms with Gasteiger partial charge in [-0.15, -0.1) is 0 Å². The summed E-state index contributed by atoms with van der Waals surface area (Å²) < 4.78 is 18.2. The van der Waals surface area contributed by atoms with E-state index in [4.69, 9.17) is 14.2 Å². The molecule has 1 aromatic rings. The van der Waals surface area contributed by atoms with Gasteiger partial charge in [-0.2, -0.15) is 0 Å².